The summed E-state index contributed by atoms with van der Waals surface area (Å²) in [4.78, 5) is 0. The van der Waals surface area contributed by atoms with Gasteiger partial charge in [-0.05, 0) is 17.7 Å². The van der Waals surface area contributed by atoms with Crippen molar-refractivity contribution in [2.45, 2.75) is 6.04 Å². The highest BCUT2D eigenvalue weighted by atomic mass is 35.5. The molecule has 1 aromatic rings. The van der Waals surface area contributed by atoms with Crippen molar-refractivity contribution < 1.29 is 9.50 Å². The van der Waals surface area contributed by atoms with Gasteiger partial charge in [-0.3, -0.25) is 0 Å². The summed E-state index contributed by atoms with van der Waals surface area (Å²) in [6.07, 6.45) is 0. The summed E-state index contributed by atoms with van der Waals surface area (Å²) in [5.41, 5.74) is 6.04. The van der Waals surface area contributed by atoms with E-state index in [-0.39, 0.29) is 24.0 Å². The first-order chi connectivity index (χ1) is 5.65. The lowest BCUT2D eigenvalue weighted by molar-refractivity contribution is 0.268. The van der Waals surface area contributed by atoms with Crippen molar-refractivity contribution in [1.29, 1.82) is 0 Å². The van der Waals surface area contributed by atoms with Gasteiger partial charge in [0, 0.05) is 5.02 Å². The molecule has 1 atom stereocenters. The van der Waals surface area contributed by atoms with E-state index in [0.717, 1.165) is 0 Å². The van der Waals surface area contributed by atoms with Crippen LogP contribution in [0.4, 0.5) is 4.39 Å². The van der Waals surface area contributed by atoms with Gasteiger partial charge in [0.25, 0.3) is 0 Å². The van der Waals surface area contributed by atoms with Gasteiger partial charge in [-0.25, -0.2) is 4.39 Å². The molecule has 0 saturated heterocycles. The second-order valence-electron chi connectivity index (χ2n) is 2.45. The van der Waals surface area contributed by atoms with Crippen LogP contribution in [-0.2, 0) is 0 Å². The molecule has 74 valence electrons. The highest BCUT2D eigenvalue weighted by molar-refractivity contribution is 6.31. The first kappa shape index (κ1) is 12.7. The molecule has 0 fully saturated rings. The van der Waals surface area contributed by atoms with E-state index in [9.17, 15) is 4.39 Å². The van der Waals surface area contributed by atoms with Gasteiger partial charge >= 0.3 is 0 Å². The van der Waals surface area contributed by atoms with Crippen LogP contribution in [0.25, 0.3) is 0 Å². The zero-order chi connectivity index (χ0) is 9.14. The van der Waals surface area contributed by atoms with E-state index < -0.39 is 11.9 Å². The average molecular weight is 226 g/mol. The number of halogens is 3. The Morgan fingerprint density at radius 2 is 2.15 bits per heavy atom. The summed E-state index contributed by atoms with van der Waals surface area (Å²) in [7, 11) is 0. The third-order valence-corrected chi connectivity index (χ3v) is 1.89. The molecule has 0 saturated carbocycles. The van der Waals surface area contributed by atoms with Crippen LogP contribution in [0.3, 0.4) is 0 Å². The van der Waals surface area contributed by atoms with E-state index in [4.69, 9.17) is 22.4 Å². The molecule has 0 aromatic heterocycles. The van der Waals surface area contributed by atoms with Crippen LogP contribution < -0.4 is 5.73 Å². The standard InChI is InChI=1S/C8H9ClFNO.ClH/c9-7-3-5(10)1-2-6(7)8(11)4-12;/h1-3,8,12H,4,11H2;1H. The molecule has 0 spiro atoms. The molecular formula is C8H10Cl2FNO. The van der Waals surface area contributed by atoms with Crippen LogP contribution in [0.2, 0.25) is 5.02 Å². The fourth-order valence-electron chi connectivity index (χ4n) is 0.901. The van der Waals surface area contributed by atoms with Crippen molar-refractivity contribution in [3.63, 3.8) is 0 Å². The number of nitrogens with two attached hydrogens (primary N) is 1. The largest absolute Gasteiger partial charge is 0.394 e. The third-order valence-electron chi connectivity index (χ3n) is 1.56. The van der Waals surface area contributed by atoms with Crippen molar-refractivity contribution in [3.05, 3.63) is 34.6 Å². The summed E-state index contributed by atoms with van der Waals surface area (Å²) in [6.45, 7) is -0.203. The van der Waals surface area contributed by atoms with Gasteiger partial charge in [-0.15, -0.1) is 12.4 Å². The topological polar surface area (TPSA) is 46.2 Å². The van der Waals surface area contributed by atoms with Gasteiger partial charge in [0.1, 0.15) is 5.82 Å². The minimum Gasteiger partial charge on any atom is -0.394 e. The zero-order valence-corrected chi connectivity index (χ0v) is 8.28. The van der Waals surface area contributed by atoms with Crippen LogP contribution in [-0.4, -0.2) is 11.7 Å². The SMILES string of the molecule is Cl.NC(CO)c1ccc(F)cc1Cl. The van der Waals surface area contributed by atoms with Crippen molar-refractivity contribution in [1.82, 2.24) is 0 Å². The molecule has 0 aliphatic rings. The number of hydrogen-bond acceptors (Lipinski definition) is 2. The average Bonchev–Trinajstić information content (AvgIpc) is 2.03. The number of benzene rings is 1. The van der Waals surface area contributed by atoms with Gasteiger partial charge in [0.05, 0.1) is 12.6 Å². The van der Waals surface area contributed by atoms with Crippen molar-refractivity contribution in [3.8, 4) is 0 Å². The Morgan fingerprint density at radius 1 is 1.54 bits per heavy atom. The molecule has 1 rings (SSSR count). The van der Waals surface area contributed by atoms with Gasteiger partial charge in [0.2, 0.25) is 0 Å². The highest BCUT2D eigenvalue weighted by Crippen LogP contribution is 2.21. The molecule has 2 nitrogen and oxygen atoms in total. The predicted octanol–water partition coefficient (Wildman–Crippen LogP) is 1.89. The first-order valence-electron chi connectivity index (χ1n) is 3.46. The van der Waals surface area contributed by atoms with Crippen LogP contribution in [0.1, 0.15) is 11.6 Å². The Labute approximate surface area is 86.9 Å². The number of aliphatic hydroxyl groups excluding tert-OH is 1. The minimum atomic E-state index is -0.543. The number of aliphatic hydroxyl groups is 1. The van der Waals surface area contributed by atoms with E-state index in [1.165, 1.54) is 18.2 Å². The number of rotatable bonds is 2. The smallest absolute Gasteiger partial charge is 0.124 e. The molecule has 0 bridgehead atoms. The van der Waals surface area contributed by atoms with Gasteiger partial charge < -0.3 is 10.8 Å². The van der Waals surface area contributed by atoms with E-state index in [2.05, 4.69) is 0 Å². The maximum absolute atomic E-state index is 12.5. The Bertz CT molecular complexity index is 283. The number of hydrogen-bond donors (Lipinski definition) is 2. The van der Waals surface area contributed by atoms with E-state index in [0.29, 0.717) is 5.56 Å². The fraction of sp³-hybridized carbons (Fsp3) is 0.250. The summed E-state index contributed by atoms with van der Waals surface area (Å²) < 4.78 is 12.5. The molecular weight excluding hydrogens is 216 g/mol. The molecule has 0 aliphatic carbocycles. The van der Waals surface area contributed by atoms with Gasteiger partial charge in [-0.1, -0.05) is 17.7 Å². The van der Waals surface area contributed by atoms with Crippen LogP contribution in [0.15, 0.2) is 18.2 Å². The molecule has 0 aliphatic heterocycles. The van der Waals surface area contributed by atoms with E-state index >= 15 is 0 Å². The fourth-order valence-corrected chi connectivity index (χ4v) is 1.21. The molecule has 13 heavy (non-hydrogen) atoms. The lowest BCUT2D eigenvalue weighted by Crippen LogP contribution is -2.14. The van der Waals surface area contributed by atoms with Gasteiger partial charge in [-0.2, -0.15) is 0 Å². The minimum absolute atomic E-state index is 0. The normalized spacial score (nSPS) is 12.0. The molecule has 3 N–H and O–H groups in total. The van der Waals surface area contributed by atoms with E-state index in [1.54, 1.807) is 0 Å². The van der Waals surface area contributed by atoms with Crippen LogP contribution >= 0.6 is 24.0 Å². The molecule has 0 amide bonds. The first-order valence-corrected chi connectivity index (χ1v) is 3.84. The highest BCUT2D eigenvalue weighted by Gasteiger charge is 2.08. The van der Waals surface area contributed by atoms with Crippen molar-refractivity contribution in [2.24, 2.45) is 5.73 Å². The summed E-state index contributed by atoms with van der Waals surface area (Å²) >= 11 is 5.67. The monoisotopic (exact) mass is 225 g/mol. The Hall–Kier alpha value is -0.350. The van der Waals surface area contributed by atoms with Gasteiger partial charge in [0.15, 0.2) is 0 Å². The predicted molar refractivity (Wildman–Crippen MR) is 52.7 cm³/mol. The Balaban J connectivity index is 0.00000144. The molecule has 0 radical (unpaired) electrons. The molecule has 1 unspecified atom stereocenters. The van der Waals surface area contributed by atoms with E-state index in [1.807, 2.05) is 0 Å². The lowest BCUT2D eigenvalue weighted by Gasteiger charge is -2.09. The second-order valence-corrected chi connectivity index (χ2v) is 2.86. The maximum atomic E-state index is 12.5. The summed E-state index contributed by atoms with van der Waals surface area (Å²) in [5, 5.41) is 8.95. The molecule has 1 aromatic carbocycles. The quantitative estimate of drug-likeness (QED) is 0.808. The maximum Gasteiger partial charge on any atom is 0.124 e. The zero-order valence-electron chi connectivity index (χ0n) is 6.71. The van der Waals surface area contributed by atoms with Crippen molar-refractivity contribution in [2.75, 3.05) is 6.61 Å². The summed E-state index contributed by atoms with van der Waals surface area (Å²) in [5.74, 6) is -0.408. The lowest BCUT2D eigenvalue weighted by atomic mass is 10.1. The summed E-state index contributed by atoms with van der Waals surface area (Å²) in [6, 6.07) is 3.36. The van der Waals surface area contributed by atoms with Crippen molar-refractivity contribution >= 4 is 24.0 Å². The molecule has 0 heterocycles. The third kappa shape index (κ3) is 3.12. The van der Waals surface area contributed by atoms with Crippen LogP contribution in [0.5, 0.6) is 0 Å². The Morgan fingerprint density at radius 3 is 2.62 bits per heavy atom. The van der Waals surface area contributed by atoms with Crippen LogP contribution in [0, 0.1) is 5.82 Å². The second kappa shape index (κ2) is 5.40. The Kier molecular flexibility index (Phi) is 5.25. The molecule has 5 heteroatoms.